The Kier molecular flexibility index (Phi) is 5.48. The molecule has 1 amide bonds. The summed E-state index contributed by atoms with van der Waals surface area (Å²) in [5.41, 5.74) is 1.83. The van der Waals surface area contributed by atoms with E-state index in [0.717, 1.165) is 48.7 Å². The quantitative estimate of drug-likeness (QED) is 0.793. The molecular formula is C20H29F2N3O2. The van der Waals surface area contributed by atoms with E-state index in [9.17, 15) is 13.6 Å². The molecule has 4 rings (SSSR count). The van der Waals surface area contributed by atoms with Crippen molar-refractivity contribution in [2.75, 3.05) is 6.54 Å². The number of amides is 1. The Hall–Kier alpha value is -1.50. The Morgan fingerprint density at radius 1 is 1.19 bits per heavy atom. The van der Waals surface area contributed by atoms with E-state index in [1.807, 2.05) is 0 Å². The zero-order chi connectivity index (χ0) is 18.9. The second kappa shape index (κ2) is 7.86. The molecule has 1 heterocycles. The lowest BCUT2D eigenvalue weighted by Crippen LogP contribution is -2.45. The van der Waals surface area contributed by atoms with Gasteiger partial charge in [0.25, 0.3) is 0 Å². The van der Waals surface area contributed by atoms with Gasteiger partial charge in [-0.1, -0.05) is 24.4 Å². The highest BCUT2D eigenvalue weighted by atomic mass is 19.3. The van der Waals surface area contributed by atoms with Crippen LogP contribution in [0.4, 0.5) is 8.78 Å². The van der Waals surface area contributed by atoms with Crippen molar-refractivity contribution in [1.29, 1.82) is 0 Å². The van der Waals surface area contributed by atoms with E-state index in [1.54, 1.807) is 0 Å². The fourth-order valence-electron chi connectivity index (χ4n) is 4.66. The molecule has 1 unspecified atom stereocenters. The standard InChI is InChI=1S/C20H29F2N3O2/c21-20(22)9-14(10-20)19(26)24-12-17-16-8-15(6-7-18(16)27-25-17)23-11-13-4-2-1-3-5-13/h13-15,23H,1-12H2,(H,24,26). The van der Waals surface area contributed by atoms with Crippen LogP contribution in [0.3, 0.4) is 0 Å². The SMILES string of the molecule is O=C(NCc1noc2c1CC(NCC1CCCCC1)CC2)C1CC(F)(F)C1. The molecular weight excluding hydrogens is 352 g/mol. The van der Waals surface area contributed by atoms with Crippen LogP contribution in [0.5, 0.6) is 0 Å². The average Bonchev–Trinajstić information content (AvgIpc) is 3.05. The molecule has 2 saturated carbocycles. The number of halogens is 2. The van der Waals surface area contributed by atoms with E-state index in [1.165, 1.54) is 32.1 Å². The summed E-state index contributed by atoms with van der Waals surface area (Å²) >= 11 is 0. The Labute approximate surface area is 158 Å². The predicted octanol–water partition coefficient (Wildman–Crippen LogP) is 3.36. The summed E-state index contributed by atoms with van der Waals surface area (Å²) in [6.45, 7) is 1.34. The third-order valence-corrected chi connectivity index (χ3v) is 6.43. The van der Waals surface area contributed by atoms with Crippen molar-refractivity contribution >= 4 is 5.91 Å². The zero-order valence-corrected chi connectivity index (χ0v) is 15.7. The van der Waals surface area contributed by atoms with Gasteiger partial charge in [-0.15, -0.1) is 0 Å². The molecule has 0 aromatic carbocycles. The van der Waals surface area contributed by atoms with Crippen molar-refractivity contribution in [2.24, 2.45) is 11.8 Å². The minimum atomic E-state index is -2.67. The molecule has 7 heteroatoms. The van der Waals surface area contributed by atoms with Gasteiger partial charge in [-0.2, -0.15) is 0 Å². The van der Waals surface area contributed by atoms with Crippen LogP contribution < -0.4 is 10.6 Å². The van der Waals surface area contributed by atoms with Gasteiger partial charge in [0, 0.05) is 36.8 Å². The minimum Gasteiger partial charge on any atom is -0.361 e. The molecule has 1 atom stereocenters. The summed E-state index contributed by atoms with van der Waals surface area (Å²) < 4.78 is 31.3. The van der Waals surface area contributed by atoms with Gasteiger partial charge in [0.2, 0.25) is 11.8 Å². The second-order valence-electron chi connectivity index (χ2n) is 8.56. The van der Waals surface area contributed by atoms with Gasteiger partial charge in [-0.05, 0) is 38.1 Å². The number of hydrogen-bond donors (Lipinski definition) is 2. The topological polar surface area (TPSA) is 67.2 Å². The van der Waals surface area contributed by atoms with Gasteiger partial charge in [0.15, 0.2) is 0 Å². The molecule has 1 aromatic rings. The summed E-state index contributed by atoms with van der Waals surface area (Å²) in [6.07, 6.45) is 8.80. The van der Waals surface area contributed by atoms with Crippen molar-refractivity contribution < 1.29 is 18.1 Å². The van der Waals surface area contributed by atoms with Crippen LogP contribution in [0.2, 0.25) is 0 Å². The Morgan fingerprint density at radius 2 is 1.96 bits per heavy atom. The molecule has 27 heavy (non-hydrogen) atoms. The number of alkyl halides is 2. The van der Waals surface area contributed by atoms with Crippen molar-refractivity contribution in [1.82, 2.24) is 15.8 Å². The Morgan fingerprint density at radius 3 is 2.70 bits per heavy atom. The first-order chi connectivity index (χ1) is 13.0. The van der Waals surface area contributed by atoms with Crippen molar-refractivity contribution in [3.05, 3.63) is 17.0 Å². The molecule has 1 aromatic heterocycles. The predicted molar refractivity (Wildman–Crippen MR) is 96.4 cm³/mol. The van der Waals surface area contributed by atoms with E-state index in [-0.39, 0.29) is 25.3 Å². The van der Waals surface area contributed by atoms with Crippen molar-refractivity contribution in [3.63, 3.8) is 0 Å². The molecule has 3 aliphatic rings. The van der Waals surface area contributed by atoms with E-state index in [4.69, 9.17) is 4.52 Å². The van der Waals surface area contributed by atoms with Crippen LogP contribution in [0, 0.1) is 11.8 Å². The van der Waals surface area contributed by atoms with E-state index in [2.05, 4.69) is 15.8 Å². The average molecular weight is 381 g/mol. The number of nitrogens with one attached hydrogen (secondary N) is 2. The van der Waals surface area contributed by atoms with Crippen LogP contribution in [-0.2, 0) is 24.2 Å². The summed E-state index contributed by atoms with van der Waals surface area (Å²) in [5.74, 6) is -1.85. The Bertz CT molecular complexity index is 662. The molecule has 0 radical (unpaired) electrons. The van der Waals surface area contributed by atoms with Crippen LogP contribution in [-0.4, -0.2) is 29.6 Å². The second-order valence-corrected chi connectivity index (χ2v) is 8.56. The van der Waals surface area contributed by atoms with E-state index in [0.29, 0.717) is 6.04 Å². The highest BCUT2D eigenvalue weighted by Gasteiger charge is 2.48. The maximum Gasteiger partial charge on any atom is 0.249 e. The summed E-state index contributed by atoms with van der Waals surface area (Å²) in [7, 11) is 0. The lowest BCUT2D eigenvalue weighted by molar-refractivity contribution is -0.150. The summed E-state index contributed by atoms with van der Waals surface area (Å²) in [6, 6.07) is 0.415. The van der Waals surface area contributed by atoms with Gasteiger partial charge >= 0.3 is 0 Å². The third kappa shape index (κ3) is 4.50. The molecule has 0 spiro atoms. The number of aryl methyl sites for hydroxylation is 1. The number of rotatable bonds is 6. The van der Waals surface area contributed by atoms with Crippen molar-refractivity contribution in [3.8, 4) is 0 Å². The molecule has 0 aliphatic heterocycles. The summed E-state index contributed by atoms with van der Waals surface area (Å²) in [4.78, 5) is 12.0. The summed E-state index contributed by atoms with van der Waals surface area (Å²) in [5, 5.41) is 10.6. The first-order valence-electron chi connectivity index (χ1n) is 10.4. The zero-order valence-electron chi connectivity index (χ0n) is 15.7. The maximum atomic E-state index is 12.9. The smallest absolute Gasteiger partial charge is 0.249 e. The lowest BCUT2D eigenvalue weighted by atomic mass is 9.81. The lowest BCUT2D eigenvalue weighted by Gasteiger charge is -2.33. The molecule has 2 N–H and O–H groups in total. The van der Waals surface area contributed by atoms with Gasteiger partial charge in [-0.3, -0.25) is 4.79 Å². The molecule has 5 nitrogen and oxygen atoms in total. The van der Waals surface area contributed by atoms with Crippen LogP contribution in [0.15, 0.2) is 4.52 Å². The Balaban J connectivity index is 1.27. The largest absolute Gasteiger partial charge is 0.361 e. The number of hydrogen-bond acceptors (Lipinski definition) is 4. The number of nitrogens with zero attached hydrogens (tertiary/aromatic N) is 1. The molecule has 0 saturated heterocycles. The van der Waals surface area contributed by atoms with Crippen molar-refractivity contribution in [2.45, 2.75) is 82.7 Å². The monoisotopic (exact) mass is 381 g/mol. The number of carbonyl (C=O) groups excluding carboxylic acids is 1. The molecule has 150 valence electrons. The fourth-order valence-corrected chi connectivity index (χ4v) is 4.66. The number of aromatic nitrogens is 1. The van der Waals surface area contributed by atoms with Gasteiger partial charge in [0.1, 0.15) is 11.5 Å². The highest BCUT2D eigenvalue weighted by Crippen LogP contribution is 2.42. The van der Waals surface area contributed by atoms with Gasteiger partial charge in [-0.25, -0.2) is 8.78 Å². The normalized spacial score (nSPS) is 25.6. The van der Waals surface area contributed by atoms with Crippen LogP contribution in [0.25, 0.3) is 0 Å². The van der Waals surface area contributed by atoms with E-state index < -0.39 is 11.8 Å². The molecule has 3 aliphatic carbocycles. The molecule has 2 fully saturated rings. The number of fused-ring (bicyclic) bond motifs is 1. The minimum absolute atomic E-state index is 0.259. The fraction of sp³-hybridized carbons (Fsp3) is 0.800. The molecule has 0 bridgehead atoms. The van der Waals surface area contributed by atoms with E-state index >= 15 is 0 Å². The third-order valence-electron chi connectivity index (χ3n) is 6.43. The number of carbonyl (C=O) groups is 1. The van der Waals surface area contributed by atoms with Crippen LogP contribution in [0.1, 0.15) is 68.4 Å². The first kappa shape index (κ1) is 18.8. The van der Waals surface area contributed by atoms with Gasteiger partial charge in [0.05, 0.1) is 6.54 Å². The van der Waals surface area contributed by atoms with Gasteiger partial charge < -0.3 is 15.2 Å². The maximum absolute atomic E-state index is 12.9. The highest BCUT2D eigenvalue weighted by molar-refractivity contribution is 5.79. The van der Waals surface area contributed by atoms with Crippen LogP contribution >= 0.6 is 0 Å². The first-order valence-corrected chi connectivity index (χ1v) is 10.4.